The summed E-state index contributed by atoms with van der Waals surface area (Å²) in [5.41, 5.74) is 1.82. The van der Waals surface area contributed by atoms with Crippen molar-refractivity contribution in [3.05, 3.63) is 58.8 Å². The van der Waals surface area contributed by atoms with Crippen LogP contribution in [0.1, 0.15) is 0 Å². The molecule has 0 spiro atoms. The highest BCUT2D eigenvalue weighted by molar-refractivity contribution is 6.34. The highest BCUT2D eigenvalue weighted by atomic mass is 35.5. The van der Waals surface area contributed by atoms with Crippen LogP contribution in [0.5, 0.6) is 0 Å². The van der Waals surface area contributed by atoms with Gasteiger partial charge >= 0.3 is 0 Å². The Hall–Kier alpha value is -1.91. The van der Waals surface area contributed by atoms with Gasteiger partial charge in [0.2, 0.25) is 0 Å². The second-order valence-electron chi connectivity index (χ2n) is 3.86. The number of halogens is 2. The summed E-state index contributed by atoms with van der Waals surface area (Å²) >= 11 is 11.9. The Balaban J connectivity index is 2.15. The lowest BCUT2D eigenvalue weighted by atomic mass is 10.2. The molecule has 0 unspecified atom stereocenters. The molecule has 0 saturated carbocycles. The van der Waals surface area contributed by atoms with Crippen molar-refractivity contribution in [3.63, 3.8) is 0 Å². The Morgan fingerprint density at radius 1 is 1.00 bits per heavy atom. The molecule has 0 amide bonds. The molecule has 0 aliphatic rings. The van der Waals surface area contributed by atoms with E-state index in [4.69, 9.17) is 23.2 Å². The summed E-state index contributed by atoms with van der Waals surface area (Å²) in [7, 11) is 0. The Labute approximate surface area is 119 Å². The summed E-state index contributed by atoms with van der Waals surface area (Å²) in [6, 6.07) is 13.1. The summed E-state index contributed by atoms with van der Waals surface area (Å²) in [4.78, 5) is 4.20. The van der Waals surface area contributed by atoms with Crippen molar-refractivity contribution in [2.45, 2.75) is 0 Å². The lowest BCUT2D eigenvalue weighted by Crippen LogP contribution is -2.02. The molecule has 1 aromatic carbocycles. The zero-order valence-corrected chi connectivity index (χ0v) is 11.2. The maximum absolute atomic E-state index is 5.98. The molecule has 2 aromatic heterocycles. The smallest absolute Gasteiger partial charge is 0.159 e. The summed E-state index contributed by atoms with van der Waals surface area (Å²) in [5.74, 6) is 0.536. The van der Waals surface area contributed by atoms with Crippen molar-refractivity contribution in [2.24, 2.45) is 0 Å². The molecular formula is C13H8Cl2N4. The molecule has 0 bridgehead atoms. The van der Waals surface area contributed by atoms with Gasteiger partial charge in [0.1, 0.15) is 5.15 Å². The van der Waals surface area contributed by atoms with Crippen LogP contribution in [0.4, 0.5) is 0 Å². The van der Waals surface area contributed by atoms with Crippen molar-refractivity contribution < 1.29 is 0 Å². The predicted molar refractivity (Wildman–Crippen MR) is 74.6 cm³/mol. The fraction of sp³-hybridized carbons (Fsp3) is 0. The molecule has 0 radical (unpaired) electrons. The van der Waals surface area contributed by atoms with Crippen LogP contribution < -0.4 is 0 Å². The first-order chi connectivity index (χ1) is 9.24. The van der Waals surface area contributed by atoms with E-state index < -0.39 is 0 Å². The van der Waals surface area contributed by atoms with Crippen LogP contribution in [0, 0.1) is 0 Å². The predicted octanol–water partition coefficient (Wildman–Crippen LogP) is 3.64. The van der Waals surface area contributed by atoms with Crippen molar-refractivity contribution in [1.82, 2.24) is 20.0 Å². The van der Waals surface area contributed by atoms with E-state index in [0.29, 0.717) is 16.0 Å². The van der Waals surface area contributed by atoms with Crippen LogP contribution in [0.15, 0.2) is 48.7 Å². The molecule has 6 heteroatoms. The van der Waals surface area contributed by atoms with E-state index in [0.717, 1.165) is 11.3 Å². The second kappa shape index (κ2) is 4.99. The van der Waals surface area contributed by atoms with Gasteiger partial charge in [0.15, 0.2) is 5.82 Å². The van der Waals surface area contributed by atoms with E-state index >= 15 is 0 Å². The Kier molecular flexibility index (Phi) is 3.19. The highest BCUT2D eigenvalue weighted by Crippen LogP contribution is 2.23. The standard InChI is InChI=1S/C13H8Cl2N4/c14-10-6-12(15)17-13(7-10)19-11(8-16-18-19)9-4-2-1-3-5-9/h1-8H. The number of nitrogens with zero attached hydrogens (tertiary/aromatic N) is 4. The van der Waals surface area contributed by atoms with Crippen LogP contribution in [0.2, 0.25) is 10.2 Å². The first kappa shape index (κ1) is 12.1. The van der Waals surface area contributed by atoms with Gasteiger partial charge in [-0.15, -0.1) is 5.10 Å². The lowest BCUT2D eigenvalue weighted by Gasteiger charge is -2.06. The van der Waals surface area contributed by atoms with Crippen LogP contribution in [0.25, 0.3) is 17.1 Å². The Bertz CT molecular complexity index is 689. The van der Waals surface area contributed by atoms with Gasteiger partial charge in [0.25, 0.3) is 0 Å². The molecule has 2 heterocycles. The summed E-state index contributed by atoms with van der Waals surface area (Å²) in [6.45, 7) is 0. The number of pyridine rings is 1. The van der Waals surface area contributed by atoms with Gasteiger partial charge < -0.3 is 0 Å². The molecule has 19 heavy (non-hydrogen) atoms. The van der Waals surface area contributed by atoms with Crippen molar-refractivity contribution in [3.8, 4) is 17.1 Å². The maximum atomic E-state index is 5.98. The van der Waals surface area contributed by atoms with E-state index in [9.17, 15) is 0 Å². The topological polar surface area (TPSA) is 43.6 Å². The number of benzene rings is 1. The Morgan fingerprint density at radius 2 is 1.79 bits per heavy atom. The van der Waals surface area contributed by atoms with E-state index in [1.54, 1.807) is 23.0 Å². The normalized spacial score (nSPS) is 10.6. The number of rotatable bonds is 2. The maximum Gasteiger partial charge on any atom is 0.159 e. The van der Waals surface area contributed by atoms with Gasteiger partial charge in [-0.05, 0) is 6.07 Å². The van der Waals surface area contributed by atoms with Gasteiger partial charge in [-0.25, -0.2) is 4.98 Å². The Morgan fingerprint density at radius 3 is 2.53 bits per heavy atom. The van der Waals surface area contributed by atoms with Crippen LogP contribution in [0.3, 0.4) is 0 Å². The largest absolute Gasteiger partial charge is 0.217 e. The third-order valence-electron chi connectivity index (χ3n) is 2.58. The SMILES string of the molecule is Clc1cc(Cl)nc(-n2nncc2-c2ccccc2)c1. The summed E-state index contributed by atoms with van der Waals surface area (Å²) in [6.07, 6.45) is 1.67. The molecule has 94 valence electrons. The second-order valence-corrected chi connectivity index (χ2v) is 4.69. The van der Waals surface area contributed by atoms with E-state index in [1.807, 2.05) is 30.3 Å². The molecule has 3 rings (SSSR count). The average molecular weight is 291 g/mol. The molecule has 0 fully saturated rings. The number of aromatic nitrogens is 4. The van der Waals surface area contributed by atoms with Crippen LogP contribution in [-0.4, -0.2) is 20.0 Å². The highest BCUT2D eigenvalue weighted by Gasteiger charge is 2.10. The summed E-state index contributed by atoms with van der Waals surface area (Å²) in [5, 5.41) is 8.77. The minimum Gasteiger partial charge on any atom is -0.217 e. The number of hydrogen-bond donors (Lipinski definition) is 0. The zero-order chi connectivity index (χ0) is 13.2. The van der Waals surface area contributed by atoms with Crippen LogP contribution in [-0.2, 0) is 0 Å². The fourth-order valence-electron chi connectivity index (χ4n) is 1.77. The number of hydrogen-bond acceptors (Lipinski definition) is 3. The van der Waals surface area contributed by atoms with Gasteiger partial charge in [0, 0.05) is 16.7 Å². The molecule has 0 aliphatic heterocycles. The van der Waals surface area contributed by atoms with Crippen molar-refractivity contribution in [2.75, 3.05) is 0 Å². The first-order valence-electron chi connectivity index (χ1n) is 5.53. The van der Waals surface area contributed by atoms with Gasteiger partial charge in [-0.1, -0.05) is 58.7 Å². The molecule has 4 nitrogen and oxygen atoms in total. The van der Waals surface area contributed by atoms with Gasteiger partial charge in [0.05, 0.1) is 11.9 Å². The minimum atomic E-state index is 0.317. The summed E-state index contributed by atoms with van der Waals surface area (Å²) < 4.78 is 1.60. The van der Waals surface area contributed by atoms with E-state index in [1.165, 1.54) is 0 Å². The van der Waals surface area contributed by atoms with Crippen molar-refractivity contribution >= 4 is 23.2 Å². The first-order valence-corrected chi connectivity index (χ1v) is 6.29. The van der Waals surface area contributed by atoms with Gasteiger partial charge in [-0.2, -0.15) is 4.68 Å². The molecule has 0 aliphatic carbocycles. The quantitative estimate of drug-likeness (QED) is 0.677. The third kappa shape index (κ3) is 2.45. The monoisotopic (exact) mass is 290 g/mol. The minimum absolute atomic E-state index is 0.317. The molecule has 0 saturated heterocycles. The van der Waals surface area contributed by atoms with Gasteiger partial charge in [-0.3, -0.25) is 0 Å². The van der Waals surface area contributed by atoms with Crippen molar-refractivity contribution in [1.29, 1.82) is 0 Å². The molecule has 3 aromatic rings. The van der Waals surface area contributed by atoms with E-state index in [-0.39, 0.29) is 0 Å². The molecular weight excluding hydrogens is 283 g/mol. The zero-order valence-electron chi connectivity index (χ0n) is 9.66. The van der Waals surface area contributed by atoms with E-state index in [2.05, 4.69) is 15.3 Å². The molecule has 0 atom stereocenters. The fourth-order valence-corrected chi connectivity index (χ4v) is 2.23. The van der Waals surface area contributed by atoms with Crippen LogP contribution >= 0.6 is 23.2 Å². The lowest BCUT2D eigenvalue weighted by molar-refractivity contribution is 0.786. The average Bonchev–Trinajstić information content (AvgIpc) is 2.88. The third-order valence-corrected chi connectivity index (χ3v) is 2.99. The molecule has 0 N–H and O–H groups in total.